The molecule has 0 aliphatic heterocycles. The summed E-state index contributed by atoms with van der Waals surface area (Å²) in [6.07, 6.45) is -0.774. The van der Waals surface area contributed by atoms with Crippen LogP contribution in [-0.2, 0) is 6.42 Å². The van der Waals surface area contributed by atoms with Gasteiger partial charge in [0.15, 0.2) is 0 Å². The Labute approximate surface area is 86.5 Å². The molecule has 1 heterocycles. The maximum atomic E-state index is 11.8. The molecule has 0 saturated heterocycles. The van der Waals surface area contributed by atoms with Crippen LogP contribution in [0.3, 0.4) is 0 Å². The van der Waals surface area contributed by atoms with Crippen LogP contribution in [0.4, 0.5) is 13.2 Å². The number of rotatable bonds is 5. The van der Waals surface area contributed by atoms with Gasteiger partial charge in [-0.1, -0.05) is 0 Å². The summed E-state index contributed by atoms with van der Waals surface area (Å²) in [6, 6.07) is 3.71. The first-order chi connectivity index (χ1) is 7.08. The molecule has 0 unspecified atom stereocenters. The van der Waals surface area contributed by atoms with Crippen LogP contribution in [0.25, 0.3) is 0 Å². The molecule has 0 aliphatic carbocycles. The summed E-state index contributed by atoms with van der Waals surface area (Å²) in [7, 11) is 0. The van der Waals surface area contributed by atoms with Crippen molar-refractivity contribution in [1.82, 2.24) is 10.3 Å². The van der Waals surface area contributed by atoms with Crippen molar-refractivity contribution >= 4 is 0 Å². The summed E-state index contributed by atoms with van der Waals surface area (Å²) < 4.78 is 35.3. The van der Waals surface area contributed by atoms with Crippen LogP contribution in [0, 0.1) is 0 Å². The van der Waals surface area contributed by atoms with Crippen molar-refractivity contribution in [2.24, 2.45) is 0 Å². The Balaban J connectivity index is 2.08. The fourth-order valence-electron chi connectivity index (χ4n) is 1.14. The lowest BCUT2D eigenvalue weighted by molar-refractivity contribution is -0.133. The number of halogens is 3. The van der Waals surface area contributed by atoms with Crippen LogP contribution < -0.4 is 5.32 Å². The fraction of sp³-hybridized carbons (Fsp3) is 0.500. The lowest BCUT2D eigenvalue weighted by Gasteiger charge is -2.07. The fourth-order valence-corrected chi connectivity index (χ4v) is 1.14. The molecule has 0 aromatic carbocycles. The van der Waals surface area contributed by atoms with E-state index in [1.165, 1.54) is 0 Å². The maximum absolute atomic E-state index is 11.8. The first kappa shape index (κ1) is 12.0. The summed E-state index contributed by atoms with van der Waals surface area (Å²) >= 11 is 0. The van der Waals surface area contributed by atoms with E-state index in [0.717, 1.165) is 12.0 Å². The van der Waals surface area contributed by atoms with Crippen molar-refractivity contribution in [3.8, 4) is 0 Å². The molecule has 0 aliphatic rings. The molecule has 1 aromatic rings. The first-order valence-electron chi connectivity index (χ1n) is 4.74. The van der Waals surface area contributed by atoms with Gasteiger partial charge in [0.1, 0.15) is 0 Å². The van der Waals surface area contributed by atoms with Gasteiger partial charge < -0.3 is 5.32 Å². The summed E-state index contributed by atoms with van der Waals surface area (Å²) in [5.41, 5.74) is 1.07. The van der Waals surface area contributed by atoms with Crippen molar-refractivity contribution in [2.75, 3.05) is 13.1 Å². The van der Waals surface area contributed by atoms with E-state index in [2.05, 4.69) is 10.3 Å². The highest BCUT2D eigenvalue weighted by Gasteiger charge is 2.25. The van der Waals surface area contributed by atoms with E-state index in [1.54, 1.807) is 12.4 Å². The van der Waals surface area contributed by atoms with Gasteiger partial charge in [-0.3, -0.25) is 4.98 Å². The number of pyridine rings is 1. The molecule has 0 amide bonds. The second kappa shape index (κ2) is 5.70. The van der Waals surface area contributed by atoms with Crippen LogP contribution >= 0.6 is 0 Å². The number of hydrogen-bond acceptors (Lipinski definition) is 2. The standard InChI is InChI=1S/C10H13F3N2/c11-10(12,13)4-8-15-7-3-9-1-5-14-6-2-9/h1-2,5-6,15H,3-4,7-8H2. The second-order valence-electron chi connectivity index (χ2n) is 3.22. The highest BCUT2D eigenvalue weighted by molar-refractivity contribution is 5.09. The second-order valence-corrected chi connectivity index (χ2v) is 3.22. The van der Waals surface area contributed by atoms with E-state index in [4.69, 9.17) is 0 Å². The molecule has 0 bridgehead atoms. The van der Waals surface area contributed by atoms with Gasteiger partial charge in [-0.25, -0.2) is 0 Å². The third-order valence-corrected chi connectivity index (χ3v) is 1.93. The minimum atomic E-state index is -4.07. The molecular weight excluding hydrogens is 205 g/mol. The van der Waals surface area contributed by atoms with Crippen molar-refractivity contribution < 1.29 is 13.2 Å². The van der Waals surface area contributed by atoms with E-state index in [-0.39, 0.29) is 6.54 Å². The average Bonchev–Trinajstić information content (AvgIpc) is 2.17. The molecule has 84 valence electrons. The van der Waals surface area contributed by atoms with Gasteiger partial charge in [0.05, 0.1) is 6.42 Å². The Kier molecular flexibility index (Phi) is 4.55. The molecule has 0 radical (unpaired) electrons. The lowest BCUT2D eigenvalue weighted by atomic mass is 10.2. The van der Waals surface area contributed by atoms with Crippen molar-refractivity contribution in [1.29, 1.82) is 0 Å². The monoisotopic (exact) mass is 218 g/mol. The number of hydrogen-bond donors (Lipinski definition) is 1. The van der Waals surface area contributed by atoms with Crippen LogP contribution in [0.2, 0.25) is 0 Å². The van der Waals surface area contributed by atoms with E-state index in [9.17, 15) is 13.2 Å². The Morgan fingerprint density at radius 2 is 1.80 bits per heavy atom. The van der Waals surface area contributed by atoms with Gasteiger partial charge in [0, 0.05) is 18.9 Å². The van der Waals surface area contributed by atoms with Gasteiger partial charge in [0.2, 0.25) is 0 Å². The summed E-state index contributed by atoms with van der Waals surface area (Å²) in [5, 5.41) is 2.75. The van der Waals surface area contributed by atoms with Crippen molar-refractivity contribution in [2.45, 2.75) is 19.0 Å². The minimum absolute atomic E-state index is 0.0193. The molecule has 0 saturated carbocycles. The van der Waals surface area contributed by atoms with Gasteiger partial charge in [-0.2, -0.15) is 13.2 Å². The maximum Gasteiger partial charge on any atom is 0.390 e. The summed E-state index contributed by atoms with van der Waals surface area (Å²) in [4.78, 5) is 3.85. The van der Waals surface area contributed by atoms with E-state index in [1.807, 2.05) is 12.1 Å². The highest BCUT2D eigenvalue weighted by Crippen LogP contribution is 2.17. The topological polar surface area (TPSA) is 24.9 Å². The largest absolute Gasteiger partial charge is 0.390 e. The molecule has 0 spiro atoms. The van der Waals surface area contributed by atoms with E-state index >= 15 is 0 Å². The number of nitrogens with one attached hydrogen (secondary N) is 1. The Bertz CT molecular complexity index is 272. The van der Waals surface area contributed by atoms with Crippen LogP contribution in [-0.4, -0.2) is 24.2 Å². The Hall–Kier alpha value is -1.10. The molecule has 0 atom stereocenters. The zero-order chi connectivity index (χ0) is 11.1. The zero-order valence-electron chi connectivity index (χ0n) is 8.22. The third-order valence-electron chi connectivity index (χ3n) is 1.93. The molecule has 1 N–H and O–H groups in total. The average molecular weight is 218 g/mol. The van der Waals surface area contributed by atoms with Crippen LogP contribution in [0.1, 0.15) is 12.0 Å². The Morgan fingerprint density at radius 3 is 2.40 bits per heavy atom. The predicted octanol–water partition coefficient (Wildman–Crippen LogP) is 2.17. The van der Waals surface area contributed by atoms with Crippen molar-refractivity contribution in [3.05, 3.63) is 30.1 Å². The molecule has 0 fully saturated rings. The van der Waals surface area contributed by atoms with E-state index < -0.39 is 12.6 Å². The minimum Gasteiger partial charge on any atom is -0.316 e. The molecule has 2 nitrogen and oxygen atoms in total. The smallest absolute Gasteiger partial charge is 0.316 e. The third kappa shape index (κ3) is 6.06. The van der Waals surface area contributed by atoms with Crippen LogP contribution in [0.5, 0.6) is 0 Å². The quantitative estimate of drug-likeness (QED) is 0.766. The number of aromatic nitrogens is 1. The van der Waals surface area contributed by atoms with Gasteiger partial charge in [0.25, 0.3) is 0 Å². The summed E-state index contributed by atoms with van der Waals surface area (Å²) in [6.45, 7) is 0.536. The van der Waals surface area contributed by atoms with E-state index in [0.29, 0.717) is 6.54 Å². The normalized spacial score (nSPS) is 11.7. The van der Waals surface area contributed by atoms with Gasteiger partial charge in [-0.15, -0.1) is 0 Å². The van der Waals surface area contributed by atoms with Crippen molar-refractivity contribution in [3.63, 3.8) is 0 Å². The molecule has 1 rings (SSSR count). The number of alkyl halides is 3. The predicted molar refractivity (Wildman–Crippen MR) is 51.5 cm³/mol. The van der Waals surface area contributed by atoms with Crippen LogP contribution in [0.15, 0.2) is 24.5 Å². The lowest BCUT2D eigenvalue weighted by Crippen LogP contribution is -2.23. The van der Waals surface area contributed by atoms with Gasteiger partial charge in [-0.05, 0) is 30.7 Å². The SMILES string of the molecule is FC(F)(F)CCNCCc1ccncc1. The molecule has 15 heavy (non-hydrogen) atoms. The highest BCUT2D eigenvalue weighted by atomic mass is 19.4. The zero-order valence-corrected chi connectivity index (χ0v) is 8.22. The Morgan fingerprint density at radius 1 is 1.13 bits per heavy atom. The first-order valence-corrected chi connectivity index (χ1v) is 4.74. The van der Waals surface area contributed by atoms with Gasteiger partial charge >= 0.3 is 6.18 Å². The summed E-state index contributed by atoms with van der Waals surface area (Å²) in [5.74, 6) is 0. The molecular formula is C10H13F3N2. The number of nitrogens with zero attached hydrogens (tertiary/aromatic N) is 1. The molecule has 1 aromatic heterocycles. The molecule has 5 heteroatoms.